The molecule has 0 fully saturated rings. The minimum atomic E-state index is -0.245. The summed E-state index contributed by atoms with van der Waals surface area (Å²) >= 11 is 0. The lowest BCUT2D eigenvalue weighted by Gasteiger charge is -2.11. The Morgan fingerprint density at radius 1 is 1.21 bits per heavy atom. The lowest BCUT2D eigenvalue weighted by atomic mass is 10.1. The first-order valence-corrected chi connectivity index (χ1v) is 8.56. The average Bonchev–Trinajstić information content (AvgIpc) is 3.00. The molecule has 0 radical (unpaired) electrons. The van der Waals surface area contributed by atoms with Gasteiger partial charge in [0.25, 0.3) is 0 Å². The smallest absolute Gasteiger partial charge is 0.302 e. The summed E-state index contributed by atoms with van der Waals surface area (Å²) in [6.07, 6.45) is 12.0. The average molecular weight is 332 g/mol. The van der Waals surface area contributed by atoms with Crippen molar-refractivity contribution in [1.82, 2.24) is 0 Å². The third kappa shape index (κ3) is 10.0. The lowest BCUT2D eigenvalue weighted by molar-refractivity contribution is -0.137. The summed E-state index contributed by atoms with van der Waals surface area (Å²) in [4.78, 5) is 9.59. The molecule has 0 spiro atoms. The number of hydrogen-bond donors (Lipinski definition) is 0. The van der Waals surface area contributed by atoms with Gasteiger partial charge >= 0.3 is 5.97 Å². The number of ether oxygens (including phenoxy) is 2. The van der Waals surface area contributed by atoms with Gasteiger partial charge in [-0.3, -0.25) is 4.79 Å². The van der Waals surface area contributed by atoms with Gasteiger partial charge in [-0.05, 0) is 44.2 Å². The van der Waals surface area contributed by atoms with Crippen LogP contribution in [-0.4, -0.2) is 19.7 Å². The van der Waals surface area contributed by atoms with Gasteiger partial charge < -0.3 is 9.47 Å². The first-order valence-electron chi connectivity index (χ1n) is 8.56. The van der Waals surface area contributed by atoms with Crippen LogP contribution in [0, 0.1) is 0 Å². The highest BCUT2D eigenvalue weighted by Crippen LogP contribution is 2.33. The van der Waals surface area contributed by atoms with E-state index in [2.05, 4.69) is 54.2 Å². The van der Waals surface area contributed by atoms with E-state index in [-0.39, 0.29) is 5.97 Å². The van der Waals surface area contributed by atoms with Crippen LogP contribution < -0.4 is 0 Å². The summed E-state index contributed by atoms with van der Waals surface area (Å²) < 4.78 is 9.89. The zero-order valence-corrected chi connectivity index (χ0v) is 15.7. The molecule has 0 aliphatic heterocycles. The van der Waals surface area contributed by atoms with Crippen LogP contribution in [0.3, 0.4) is 0 Å². The Kier molecular flexibility index (Phi) is 13.6. The highest BCUT2D eigenvalue weighted by Gasteiger charge is 2.21. The molecule has 1 aromatic rings. The Balaban J connectivity index is 0.000000442. The van der Waals surface area contributed by atoms with E-state index >= 15 is 0 Å². The van der Waals surface area contributed by atoms with E-state index in [4.69, 9.17) is 4.74 Å². The molecule has 0 aromatic heterocycles. The molecule has 1 unspecified atom stereocenters. The van der Waals surface area contributed by atoms with E-state index in [0.717, 1.165) is 25.9 Å². The number of carbonyl (C=O) groups excluding carboxylic acids is 1. The molecule has 3 nitrogen and oxygen atoms in total. The van der Waals surface area contributed by atoms with E-state index < -0.39 is 0 Å². The van der Waals surface area contributed by atoms with Crippen molar-refractivity contribution in [1.29, 1.82) is 0 Å². The second-order valence-corrected chi connectivity index (χ2v) is 5.30. The summed E-state index contributed by atoms with van der Waals surface area (Å²) in [7, 11) is 1.35. The standard InChI is InChI=1S/C13H16O.C5H10.C3H6O2/c1-2-3-10-14-13-9-8-11-6-4-5-7-12(11)13;1-3-5-4-2;1-3(4)5-2/h2-7,13H,8-10H2,1H3;3,5H,4H2,1-2H3;1-2H3/b3-2-;5-3+;. The van der Waals surface area contributed by atoms with Crippen molar-refractivity contribution < 1.29 is 14.3 Å². The largest absolute Gasteiger partial charge is 0.469 e. The van der Waals surface area contributed by atoms with Crippen LogP contribution in [-0.2, 0) is 20.7 Å². The number of benzene rings is 1. The Labute approximate surface area is 147 Å². The SMILES string of the molecule is C/C=C/CC.C/C=C\COC1CCc2ccccc21.COC(C)=O. The summed E-state index contributed by atoms with van der Waals surface area (Å²) in [6.45, 7) is 8.27. The van der Waals surface area contributed by atoms with Gasteiger partial charge in [-0.25, -0.2) is 0 Å². The maximum absolute atomic E-state index is 9.59. The number of fused-ring (bicyclic) bond motifs is 1. The Bertz CT molecular complexity index is 504. The molecule has 0 bridgehead atoms. The van der Waals surface area contributed by atoms with E-state index in [1.54, 1.807) is 0 Å². The van der Waals surface area contributed by atoms with Crippen molar-refractivity contribution in [2.24, 2.45) is 0 Å². The third-order valence-electron chi connectivity index (χ3n) is 3.47. The molecule has 1 aliphatic rings. The fourth-order valence-corrected chi connectivity index (χ4v) is 2.19. The molecule has 2 rings (SSSR count). The molecule has 1 aliphatic carbocycles. The van der Waals surface area contributed by atoms with E-state index in [1.165, 1.54) is 25.2 Å². The number of allylic oxidation sites excluding steroid dienone is 3. The molecule has 24 heavy (non-hydrogen) atoms. The van der Waals surface area contributed by atoms with Crippen LogP contribution in [0.1, 0.15) is 57.8 Å². The normalized spacial score (nSPS) is 15.3. The summed E-state index contributed by atoms with van der Waals surface area (Å²) in [5, 5.41) is 0. The van der Waals surface area contributed by atoms with Gasteiger partial charge in [-0.2, -0.15) is 0 Å². The van der Waals surface area contributed by atoms with E-state index in [0.29, 0.717) is 6.10 Å². The molecule has 0 heterocycles. The predicted molar refractivity (Wildman–Crippen MR) is 101 cm³/mol. The predicted octanol–water partition coefficient (Wildman–Crippen LogP) is 5.42. The molecule has 0 saturated heterocycles. The summed E-state index contributed by atoms with van der Waals surface area (Å²) in [5.74, 6) is -0.245. The number of aryl methyl sites for hydroxylation is 1. The molecule has 1 aromatic carbocycles. The number of methoxy groups -OCH3 is 1. The number of hydrogen-bond acceptors (Lipinski definition) is 3. The van der Waals surface area contributed by atoms with Crippen molar-refractivity contribution in [3.05, 3.63) is 59.7 Å². The number of carbonyl (C=O) groups is 1. The molecule has 1 atom stereocenters. The zero-order chi connectivity index (χ0) is 18.2. The van der Waals surface area contributed by atoms with E-state index in [9.17, 15) is 4.79 Å². The zero-order valence-electron chi connectivity index (χ0n) is 15.7. The van der Waals surface area contributed by atoms with Crippen LogP contribution in [0.25, 0.3) is 0 Å². The van der Waals surface area contributed by atoms with Gasteiger partial charge in [0.2, 0.25) is 0 Å². The molecule has 0 amide bonds. The van der Waals surface area contributed by atoms with Crippen LogP contribution in [0.5, 0.6) is 0 Å². The molecule has 134 valence electrons. The van der Waals surface area contributed by atoms with Crippen LogP contribution in [0.15, 0.2) is 48.6 Å². The number of esters is 1. The van der Waals surface area contributed by atoms with Gasteiger partial charge in [0.1, 0.15) is 0 Å². The van der Waals surface area contributed by atoms with Gasteiger partial charge in [-0.1, -0.05) is 55.5 Å². The molecule has 0 N–H and O–H groups in total. The van der Waals surface area contributed by atoms with Gasteiger partial charge in [0, 0.05) is 6.92 Å². The summed E-state index contributed by atoms with van der Waals surface area (Å²) in [5.41, 5.74) is 2.84. The third-order valence-corrected chi connectivity index (χ3v) is 3.47. The van der Waals surface area contributed by atoms with Crippen LogP contribution in [0.2, 0.25) is 0 Å². The maximum atomic E-state index is 9.59. The Hall–Kier alpha value is -1.87. The minimum absolute atomic E-state index is 0.245. The van der Waals surface area contributed by atoms with Crippen LogP contribution >= 0.6 is 0 Å². The van der Waals surface area contributed by atoms with Gasteiger partial charge in [0.15, 0.2) is 0 Å². The fourth-order valence-electron chi connectivity index (χ4n) is 2.19. The van der Waals surface area contributed by atoms with Crippen molar-refractivity contribution in [3.63, 3.8) is 0 Å². The molecular formula is C21H32O3. The highest BCUT2D eigenvalue weighted by atomic mass is 16.5. The van der Waals surface area contributed by atoms with Crippen LogP contribution in [0.4, 0.5) is 0 Å². The minimum Gasteiger partial charge on any atom is -0.469 e. The monoisotopic (exact) mass is 332 g/mol. The number of rotatable bonds is 4. The fraction of sp³-hybridized carbons (Fsp3) is 0.476. The molecule has 0 saturated carbocycles. The molecular weight excluding hydrogens is 300 g/mol. The lowest BCUT2D eigenvalue weighted by Crippen LogP contribution is -1.99. The Morgan fingerprint density at radius 3 is 2.33 bits per heavy atom. The second-order valence-electron chi connectivity index (χ2n) is 5.30. The summed E-state index contributed by atoms with van der Waals surface area (Å²) in [6, 6.07) is 8.58. The second kappa shape index (κ2) is 14.7. The maximum Gasteiger partial charge on any atom is 0.302 e. The first kappa shape index (κ1) is 22.1. The van der Waals surface area contributed by atoms with Gasteiger partial charge in [0.05, 0.1) is 19.8 Å². The highest BCUT2D eigenvalue weighted by molar-refractivity contribution is 5.65. The van der Waals surface area contributed by atoms with Gasteiger partial charge in [-0.15, -0.1) is 0 Å². The van der Waals surface area contributed by atoms with Crippen molar-refractivity contribution in [2.45, 2.75) is 53.1 Å². The van der Waals surface area contributed by atoms with E-state index in [1.807, 2.05) is 19.9 Å². The molecule has 3 heteroatoms. The van der Waals surface area contributed by atoms with Crippen molar-refractivity contribution in [2.75, 3.05) is 13.7 Å². The van der Waals surface area contributed by atoms with Crippen molar-refractivity contribution >= 4 is 5.97 Å². The topological polar surface area (TPSA) is 35.5 Å². The quantitative estimate of drug-likeness (QED) is 0.545. The van der Waals surface area contributed by atoms with Crippen molar-refractivity contribution in [3.8, 4) is 0 Å². The first-order chi connectivity index (χ1) is 11.6. The Morgan fingerprint density at radius 2 is 1.83 bits per heavy atom.